The summed E-state index contributed by atoms with van der Waals surface area (Å²) in [6.45, 7) is 0. The number of hydrogen-bond donors (Lipinski definition) is 2. The molecule has 0 aliphatic carbocycles. The van der Waals surface area contributed by atoms with Crippen molar-refractivity contribution in [2.75, 3.05) is 0 Å². The summed E-state index contributed by atoms with van der Waals surface area (Å²) in [6.07, 6.45) is 0. The molecule has 2 N–H and O–H groups in total. The summed E-state index contributed by atoms with van der Waals surface area (Å²) >= 11 is 0. The minimum Gasteiger partial charge on any atom is -0.507 e. The van der Waals surface area contributed by atoms with E-state index in [0.29, 0.717) is 5.76 Å². The number of hydrogen-bond acceptors (Lipinski definition) is 4. The van der Waals surface area contributed by atoms with Crippen LogP contribution in [0.15, 0.2) is 51.7 Å². The highest BCUT2D eigenvalue weighted by atomic mass is 16.3. The molecule has 1 radical (unpaired) electrons. The number of fused-ring (bicyclic) bond motifs is 1. The van der Waals surface area contributed by atoms with Gasteiger partial charge in [0.1, 0.15) is 28.2 Å². The van der Waals surface area contributed by atoms with Crippen molar-refractivity contribution in [3.63, 3.8) is 0 Å². The molecule has 0 aliphatic rings. The number of benzene rings is 2. The van der Waals surface area contributed by atoms with Gasteiger partial charge in [-0.25, -0.2) is 0 Å². The maximum Gasteiger partial charge on any atom is 0.197 e. The SMILES string of the molecule is O=c1cc(-c2ccccc2)oc2cc(O)[c]c(O)c12. The van der Waals surface area contributed by atoms with Crippen LogP contribution in [0.4, 0.5) is 0 Å². The van der Waals surface area contributed by atoms with Crippen LogP contribution < -0.4 is 5.43 Å². The van der Waals surface area contributed by atoms with Gasteiger partial charge in [0.25, 0.3) is 0 Å². The van der Waals surface area contributed by atoms with E-state index in [-0.39, 0.29) is 22.1 Å². The number of aromatic hydroxyl groups is 2. The van der Waals surface area contributed by atoms with Crippen molar-refractivity contribution >= 4 is 11.0 Å². The van der Waals surface area contributed by atoms with E-state index in [0.717, 1.165) is 5.56 Å². The minimum atomic E-state index is -0.414. The predicted octanol–water partition coefficient (Wildman–Crippen LogP) is 2.67. The van der Waals surface area contributed by atoms with Crippen LogP contribution in [0.25, 0.3) is 22.3 Å². The lowest BCUT2D eigenvalue weighted by atomic mass is 10.1. The first-order valence-electron chi connectivity index (χ1n) is 5.62. The molecule has 0 spiro atoms. The Morgan fingerprint density at radius 3 is 2.53 bits per heavy atom. The van der Waals surface area contributed by atoms with Crippen LogP contribution in [0.5, 0.6) is 11.5 Å². The van der Waals surface area contributed by atoms with Gasteiger partial charge in [0, 0.05) is 17.7 Å². The Morgan fingerprint density at radius 2 is 1.79 bits per heavy atom. The van der Waals surface area contributed by atoms with E-state index in [1.54, 1.807) is 12.1 Å². The van der Waals surface area contributed by atoms with Gasteiger partial charge in [0.15, 0.2) is 5.43 Å². The molecule has 0 fully saturated rings. The van der Waals surface area contributed by atoms with Gasteiger partial charge in [-0.05, 0) is 0 Å². The van der Waals surface area contributed by atoms with Gasteiger partial charge in [0.05, 0.1) is 6.07 Å². The molecule has 0 saturated carbocycles. The van der Waals surface area contributed by atoms with Crippen LogP contribution in [0.3, 0.4) is 0 Å². The first kappa shape index (κ1) is 11.3. The summed E-state index contributed by atoms with van der Waals surface area (Å²) < 4.78 is 5.55. The second-order valence-electron chi connectivity index (χ2n) is 4.08. The van der Waals surface area contributed by atoms with Gasteiger partial charge < -0.3 is 14.6 Å². The van der Waals surface area contributed by atoms with E-state index in [9.17, 15) is 15.0 Å². The molecular weight excluding hydrogens is 244 g/mol. The van der Waals surface area contributed by atoms with Crippen molar-refractivity contribution in [3.8, 4) is 22.8 Å². The van der Waals surface area contributed by atoms with Crippen LogP contribution in [0.1, 0.15) is 0 Å². The fourth-order valence-corrected chi connectivity index (χ4v) is 1.94. The fraction of sp³-hybridized carbons (Fsp3) is 0. The Hall–Kier alpha value is -2.75. The summed E-state index contributed by atoms with van der Waals surface area (Å²) in [4.78, 5) is 12.0. The molecule has 19 heavy (non-hydrogen) atoms. The van der Waals surface area contributed by atoms with Crippen molar-refractivity contribution in [1.29, 1.82) is 0 Å². The van der Waals surface area contributed by atoms with E-state index in [4.69, 9.17) is 4.42 Å². The molecule has 1 heterocycles. The highest BCUT2D eigenvalue weighted by molar-refractivity contribution is 5.85. The summed E-state index contributed by atoms with van der Waals surface area (Å²) in [5.74, 6) is -0.315. The molecule has 1 aromatic heterocycles. The third kappa shape index (κ3) is 1.93. The Labute approximate surface area is 108 Å². The lowest BCUT2D eigenvalue weighted by molar-refractivity contribution is 0.450. The first-order chi connectivity index (χ1) is 9.15. The molecule has 4 heteroatoms. The average molecular weight is 253 g/mol. The average Bonchev–Trinajstić information content (AvgIpc) is 2.38. The van der Waals surface area contributed by atoms with Crippen molar-refractivity contribution < 1.29 is 14.6 Å². The van der Waals surface area contributed by atoms with Crippen LogP contribution in [0, 0.1) is 6.07 Å². The first-order valence-corrected chi connectivity index (χ1v) is 5.62. The topological polar surface area (TPSA) is 70.7 Å². The van der Waals surface area contributed by atoms with E-state index >= 15 is 0 Å². The molecule has 0 bridgehead atoms. The zero-order valence-electron chi connectivity index (χ0n) is 9.75. The molecule has 0 amide bonds. The van der Waals surface area contributed by atoms with Crippen LogP contribution in [-0.4, -0.2) is 10.2 Å². The predicted molar refractivity (Wildman–Crippen MR) is 70.1 cm³/mol. The second-order valence-corrected chi connectivity index (χ2v) is 4.08. The van der Waals surface area contributed by atoms with Crippen molar-refractivity contribution in [2.45, 2.75) is 0 Å². The molecule has 0 aliphatic heterocycles. The highest BCUT2D eigenvalue weighted by Crippen LogP contribution is 2.29. The number of phenols is 2. The van der Waals surface area contributed by atoms with Crippen LogP contribution >= 0.6 is 0 Å². The van der Waals surface area contributed by atoms with E-state index in [1.165, 1.54) is 12.1 Å². The van der Waals surface area contributed by atoms with E-state index in [1.807, 2.05) is 18.2 Å². The summed E-state index contributed by atoms with van der Waals surface area (Å²) in [6, 6.07) is 13.9. The van der Waals surface area contributed by atoms with Crippen molar-refractivity contribution in [2.24, 2.45) is 0 Å². The van der Waals surface area contributed by atoms with Crippen LogP contribution in [0.2, 0.25) is 0 Å². The molecule has 2 aromatic carbocycles. The van der Waals surface area contributed by atoms with Gasteiger partial charge >= 0.3 is 0 Å². The summed E-state index contributed by atoms with van der Waals surface area (Å²) in [7, 11) is 0. The third-order valence-electron chi connectivity index (χ3n) is 2.78. The molecule has 4 nitrogen and oxygen atoms in total. The third-order valence-corrected chi connectivity index (χ3v) is 2.78. The van der Waals surface area contributed by atoms with Gasteiger partial charge in [0.2, 0.25) is 0 Å². The largest absolute Gasteiger partial charge is 0.507 e. The lowest BCUT2D eigenvalue weighted by Crippen LogP contribution is -2.00. The minimum absolute atomic E-state index is 0.0116. The molecule has 0 unspecified atom stereocenters. The highest BCUT2D eigenvalue weighted by Gasteiger charge is 2.12. The van der Waals surface area contributed by atoms with Crippen LogP contribution in [-0.2, 0) is 0 Å². The van der Waals surface area contributed by atoms with E-state index < -0.39 is 5.75 Å². The molecule has 3 rings (SSSR count). The second kappa shape index (κ2) is 4.17. The number of rotatable bonds is 1. The monoisotopic (exact) mass is 253 g/mol. The normalized spacial score (nSPS) is 10.7. The van der Waals surface area contributed by atoms with Crippen molar-refractivity contribution in [1.82, 2.24) is 0 Å². The quantitative estimate of drug-likeness (QED) is 0.699. The smallest absolute Gasteiger partial charge is 0.197 e. The Morgan fingerprint density at radius 1 is 1.05 bits per heavy atom. The van der Waals surface area contributed by atoms with Gasteiger partial charge in [-0.1, -0.05) is 30.3 Å². The van der Waals surface area contributed by atoms with Gasteiger partial charge in [-0.3, -0.25) is 4.79 Å². The summed E-state index contributed by atoms with van der Waals surface area (Å²) in [5, 5.41) is 19.0. The molecule has 0 atom stereocenters. The maximum absolute atomic E-state index is 12.0. The van der Waals surface area contributed by atoms with Crippen molar-refractivity contribution in [3.05, 3.63) is 58.8 Å². The fourth-order valence-electron chi connectivity index (χ4n) is 1.94. The van der Waals surface area contributed by atoms with E-state index in [2.05, 4.69) is 6.07 Å². The van der Waals surface area contributed by atoms with Gasteiger partial charge in [-0.15, -0.1) is 0 Å². The molecular formula is C15H9O4. The zero-order chi connectivity index (χ0) is 13.4. The zero-order valence-corrected chi connectivity index (χ0v) is 9.75. The van der Waals surface area contributed by atoms with Gasteiger partial charge in [-0.2, -0.15) is 0 Å². The summed E-state index contributed by atoms with van der Waals surface area (Å²) in [5.41, 5.74) is 0.488. The number of phenolic OH excluding ortho intramolecular Hbond substituents is 2. The Kier molecular flexibility index (Phi) is 2.49. The Bertz CT molecular complexity index is 803. The maximum atomic E-state index is 12.0. The molecule has 93 valence electrons. The molecule has 3 aromatic rings. The standard InChI is InChI=1S/C15H9O4/c16-10-6-11(17)15-12(18)8-13(19-14(15)7-10)9-4-2-1-3-5-9/h1-5,7-8,16-17H. The molecule has 0 saturated heterocycles. The lowest BCUT2D eigenvalue weighted by Gasteiger charge is -2.04. The Balaban J connectivity index is 2.34.